The summed E-state index contributed by atoms with van der Waals surface area (Å²) in [5, 5.41) is 25.8. The highest BCUT2D eigenvalue weighted by molar-refractivity contribution is 6.21. The maximum atomic E-state index is 12.9. The topological polar surface area (TPSA) is 173 Å². The molecule has 16 nitrogen and oxygen atoms in total. The molecule has 360 valence electrons. The van der Waals surface area contributed by atoms with E-state index in [1.54, 1.807) is 44.8 Å². The van der Waals surface area contributed by atoms with E-state index >= 15 is 0 Å². The van der Waals surface area contributed by atoms with Crippen LogP contribution in [0.2, 0.25) is 0 Å². The van der Waals surface area contributed by atoms with Crippen molar-refractivity contribution in [3.05, 3.63) is 87.2 Å². The Balaban J connectivity index is 0.702. The summed E-state index contributed by atoms with van der Waals surface area (Å²) in [6.07, 6.45) is 9.20. The quantitative estimate of drug-likeness (QED) is 0.0831. The highest BCUT2D eigenvalue weighted by Gasteiger charge is 2.35. The normalized spacial score (nSPS) is 23.6. The van der Waals surface area contributed by atoms with E-state index in [-0.39, 0.29) is 53.3 Å². The number of piperidine rings is 1. The first-order chi connectivity index (χ1) is 32.2. The number of piperazine rings is 1. The van der Waals surface area contributed by atoms with Crippen molar-refractivity contribution in [1.82, 2.24) is 44.8 Å². The van der Waals surface area contributed by atoms with Gasteiger partial charge in [0, 0.05) is 113 Å². The maximum absolute atomic E-state index is 12.9. The Morgan fingerprint density at radius 2 is 1.67 bits per heavy atom. The van der Waals surface area contributed by atoms with Crippen LogP contribution in [-0.2, 0) is 24.5 Å². The Morgan fingerprint density at radius 1 is 0.910 bits per heavy atom. The van der Waals surface area contributed by atoms with Crippen molar-refractivity contribution >= 4 is 45.0 Å². The molecule has 0 spiro atoms. The fourth-order valence-electron chi connectivity index (χ4n) is 10.3. The van der Waals surface area contributed by atoms with Gasteiger partial charge in [-0.05, 0) is 112 Å². The van der Waals surface area contributed by atoms with Gasteiger partial charge in [-0.3, -0.25) is 29.9 Å². The van der Waals surface area contributed by atoms with Gasteiger partial charge in [0.2, 0.25) is 0 Å². The van der Waals surface area contributed by atoms with Crippen molar-refractivity contribution in [1.29, 1.82) is 0 Å². The minimum atomic E-state index is -1.02. The molecule has 4 fully saturated rings. The molecule has 1 amide bonds. The molecule has 5 aromatic rings. The minimum Gasteiger partial charge on any atom is -0.490 e. The minimum absolute atomic E-state index is 0.00647. The first-order valence-corrected chi connectivity index (χ1v) is 24.4. The summed E-state index contributed by atoms with van der Waals surface area (Å²) in [6, 6.07) is 15.4. The number of halogens is 1. The average Bonchev–Trinajstić information content (AvgIpc) is 3.81. The molecule has 1 aliphatic carbocycles. The van der Waals surface area contributed by atoms with Crippen LogP contribution in [0.15, 0.2) is 70.5 Å². The predicted octanol–water partition coefficient (Wildman–Crippen LogP) is 4.14. The van der Waals surface area contributed by atoms with E-state index in [0.29, 0.717) is 23.9 Å². The van der Waals surface area contributed by atoms with Crippen LogP contribution in [-0.4, -0.2) is 136 Å². The number of aromatic amines is 1. The smallest absolute Gasteiger partial charge is 0.293 e. The van der Waals surface area contributed by atoms with Crippen molar-refractivity contribution in [2.45, 2.75) is 75.5 Å². The third kappa shape index (κ3) is 10.6. The molecule has 2 aromatic carbocycles. The number of carbonyl (C=O) groups is 1. The molecule has 9 rings (SSSR count). The fraction of sp³-hybridized carbons (Fsp3) is 0.540. The van der Waals surface area contributed by atoms with Gasteiger partial charge in [0.25, 0.3) is 17.0 Å². The number of anilines is 1. The molecule has 17 heteroatoms. The van der Waals surface area contributed by atoms with E-state index in [9.17, 15) is 19.5 Å². The number of aliphatic hydroxyl groups is 1. The number of likely N-dealkylation sites (tertiary alicyclic amines) is 1. The number of aryl methyl sites for hydroxylation is 2. The molecule has 3 unspecified atom stereocenters. The fourth-order valence-corrected chi connectivity index (χ4v) is 10.5. The molecule has 3 aromatic heterocycles. The number of rotatable bonds is 15. The number of hydrogen-bond donors (Lipinski definition) is 6. The third-order valence-corrected chi connectivity index (χ3v) is 15.0. The van der Waals surface area contributed by atoms with Crippen molar-refractivity contribution in [3.8, 4) is 22.6 Å². The summed E-state index contributed by atoms with van der Waals surface area (Å²) < 4.78 is 15.4. The molecule has 1 saturated carbocycles. The van der Waals surface area contributed by atoms with Crippen molar-refractivity contribution < 1.29 is 19.4 Å². The largest absolute Gasteiger partial charge is 0.490 e. The van der Waals surface area contributed by atoms with Crippen LogP contribution >= 0.6 is 11.6 Å². The van der Waals surface area contributed by atoms with Gasteiger partial charge in [0.15, 0.2) is 12.4 Å². The molecule has 3 aliphatic heterocycles. The number of alkyl halides is 1. The Hall–Kier alpha value is -4.94. The molecule has 3 saturated heterocycles. The number of nitrogens with zero attached hydrogens (tertiary/aromatic N) is 5. The lowest BCUT2D eigenvalue weighted by Crippen LogP contribution is -2.68. The SMILES string of the molecule is CNC(=O)COc1cc2cc(NC3NC(N4CCC(CN5CCN(CCC6CC(Oc7ccc(C(C)(C)O)cc7-c7cn(C)c(=O)c8[nH]ccc78)C6)CC5)CC4)NCC3Cl)ccc2n(C)c1=O. The van der Waals surface area contributed by atoms with E-state index in [0.717, 1.165) is 122 Å². The van der Waals surface area contributed by atoms with Gasteiger partial charge < -0.3 is 49.1 Å². The number of ether oxygens (including phenoxy) is 2. The van der Waals surface area contributed by atoms with E-state index in [1.165, 1.54) is 18.0 Å². The molecule has 0 bridgehead atoms. The summed E-state index contributed by atoms with van der Waals surface area (Å²) in [4.78, 5) is 48.4. The Kier molecular flexibility index (Phi) is 14.0. The van der Waals surface area contributed by atoms with E-state index in [1.807, 2.05) is 48.7 Å². The molecule has 4 aliphatic rings. The first kappa shape index (κ1) is 47.1. The van der Waals surface area contributed by atoms with Gasteiger partial charge in [0.05, 0.1) is 28.8 Å². The second kappa shape index (κ2) is 20.0. The van der Waals surface area contributed by atoms with Crippen molar-refractivity contribution in [2.75, 3.05) is 77.9 Å². The Bertz CT molecular complexity index is 2670. The molecule has 0 radical (unpaired) electrons. The summed E-state index contributed by atoms with van der Waals surface area (Å²) in [5.41, 5.74) is 3.39. The van der Waals surface area contributed by atoms with E-state index < -0.39 is 5.60 Å². The van der Waals surface area contributed by atoms with Crippen LogP contribution in [0, 0.1) is 11.8 Å². The van der Waals surface area contributed by atoms with E-state index in [2.05, 4.69) is 41.0 Å². The number of aromatic nitrogens is 3. The van der Waals surface area contributed by atoms with Gasteiger partial charge in [0.1, 0.15) is 17.6 Å². The Labute approximate surface area is 396 Å². The summed E-state index contributed by atoms with van der Waals surface area (Å²) in [6.45, 7) is 12.8. The van der Waals surface area contributed by atoms with Crippen LogP contribution in [0.1, 0.15) is 51.5 Å². The van der Waals surface area contributed by atoms with Crippen LogP contribution in [0.4, 0.5) is 5.69 Å². The van der Waals surface area contributed by atoms with Crippen molar-refractivity contribution in [3.63, 3.8) is 0 Å². The van der Waals surface area contributed by atoms with Gasteiger partial charge in [-0.15, -0.1) is 11.6 Å². The standard InChI is InChI=1S/C50H67ClN10O6/c1-50(2,65)34-6-9-42(38(26-34)39-29-57(4)48(64)45-37(39)10-14-53-45)67-36-22-32(23-36)11-15-59-18-20-60(21-19-59)28-31-12-16-61(17-13-31)49-54-27-40(51)46(56-49)55-35-7-8-41-33(24-35)25-43(47(63)58(41)5)66-30-44(62)52-3/h6-10,14,24-26,29,31-32,36,40,46,49,53-56,65H,11-13,15-23,27-28,30H2,1-5H3,(H,52,62). The molecule has 67 heavy (non-hydrogen) atoms. The van der Waals surface area contributed by atoms with Crippen LogP contribution in [0.3, 0.4) is 0 Å². The molecule has 6 heterocycles. The zero-order valence-electron chi connectivity index (χ0n) is 39.4. The van der Waals surface area contributed by atoms with E-state index in [4.69, 9.17) is 21.1 Å². The van der Waals surface area contributed by atoms with Gasteiger partial charge in [-0.25, -0.2) is 0 Å². The number of pyridine rings is 2. The second-order valence-electron chi connectivity index (χ2n) is 19.7. The number of fused-ring (bicyclic) bond motifs is 2. The average molecular weight is 940 g/mol. The van der Waals surface area contributed by atoms with Gasteiger partial charge in [-0.1, -0.05) is 6.07 Å². The zero-order chi connectivity index (χ0) is 47.0. The lowest BCUT2D eigenvalue weighted by Gasteiger charge is -2.45. The Morgan fingerprint density at radius 3 is 2.42 bits per heavy atom. The predicted molar refractivity (Wildman–Crippen MR) is 264 cm³/mol. The highest BCUT2D eigenvalue weighted by Crippen LogP contribution is 2.41. The summed E-state index contributed by atoms with van der Waals surface area (Å²) in [5.74, 6) is 1.93. The zero-order valence-corrected chi connectivity index (χ0v) is 40.2. The number of benzene rings is 2. The number of nitrogens with one attached hydrogen (secondary N) is 5. The van der Waals surface area contributed by atoms with Gasteiger partial charge in [-0.2, -0.15) is 0 Å². The molecular formula is C50H67ClN10O6. The third-order valence-electron chi connectivity index (χ3n) is 14.6. The maximum Gasteiger partial charge on any atom is 0.293 e. The van der Waals surface area contributed by atoms with Crippen LogP contribution < -0.4 is 41.9 Å². The lowest BCUT2D eigenvalue weighted by atomic mass is 9.80. The first-order valence-electron chi connectivity index (χ1n) is 24.0. The molecule has 6 N–H and O–H groups in total. The second-order valence-corrected chi connectivity index (χ2v) is 20.3. The molecular weight excluding hydrogens is 872 g/mol. The summed E-state index contributed by atoms with van der Waals surface area (Å²) >= 11 is 6.85. The number of hydrogen-bond acceptors (Lipinski definition) is 12. The number of likely N-dealkylation sites (N-methyl/N-ethyl adjacent to an activating group) is 1. The van der Waals surface area contributed by atoms with Gasteiger partial charge >= 0.3 is 0 Å². The lowest BCUT2D eigenvalue weighted by molar-refractivity contribution is -0.122. The number of H-pyrrole nitrogens is 1. The molecule has 3 atom stereocenters. The van der Waals surface area contributed by atoms with Crippen LogP contribution in [0.5, 0.6) is 11.5 Å². The number of amides is 1. The monoisotopic (exact) mass is 938 g/mol. The summed E-state index contributed by atoms with van der Waals surface area (Å²) in [7, 11) is 5.00. The number of carbonyl (C=O) groups excluding carboxylic acids is 1. The van der Waals surface area contributed by atoms with Crippen molar-refractivity contribution in [2.24, 2.45) is 25.9 Å². The highest BCUT2D eigenvalue weighted by atomic mass is 35.5. The van der Waals surface area contributed by atoms with Crippen LogP contribution in [0.25, 0.3) is 32.9 Å².